The van der Waals surface area contributed by atoms with Crippen LogP contribution in [0.3, 0.4) is 0 Å². The molecule has 3 rings (SSSR count). The summed E-state index contributed by atoms with van der Waals surface area (Å²) in [5, 5.41) is 0. The molecule has 2 heterocycles. The van der Waals surface area contributed by atoms with Gasteiger partial charge < -0.3 is 14.4 Å². The van der Waals surface area contributed by atoms with Crippen molar-refractivity contribution in [2.75, 3.05) is 25.7 Å². The molecule has 0 atom stereocenters. The molecule has 0 aliphatic carbocycles. The van der Waals surface area contributed by atoms with E-state index in [2.05, 4.69) is 22.1 Å². The summed E-state index contributed by atoms with van der Waals surface area (Å²) in [5.74, 6) is 2.24. The van der Waals surface area contributed by atoms with Crippen molar-refractivity contribution in [2.24, 2.45) is 0 Å². The van der Waals surface area contributed by atoms with Crippen LogP contribution in [0.5, 0.6) is 11.6 Å². The molecular weight excluding hydrogens is 254 g/mol. The Morgan fingerprint density at radius 3 is 3.10 bits per heavy atom. The van der Waals surface area contributed by atoms with E-state index in [4.69, 9.17) is 9.47 Å². The van der Waals surface area contributed by atoms with Crippen LogP contribution in [0.15, 0.2) is 30.5 Å². The third kappa shape index (κ3) is 2.52. The Balaban J connectivity index is 1.76. The molecule has 5 heteroatoms. The maximum atomic E-state index is 5.52. The maximum absolute atomic E-state index is 5.52. The molecule has 0 bridgehead atoms. The van der Waals surface area contributed by atoms with Gasteiger partial charge in [0.2, 0.25) is 11.8 Å². The van der Waals surface area contributed by atoms with Crippen molar-refractivity contribution < 1.29 is 9.47 Å². The van der Waals surface area contributed by atoms with E-state index in [0.717, 1.165) is 25.3 Å². The lowest BCUT2D eigenvalue weighted by molar-refractivity contribution is 0.357. The predicted molar refractivity (Wildman–Crippen MR) is 76.3 cm³/mol. The number of rotatable bonds is 4. The quantitative estimate of drug-likeness (QED) is 0.851. The summed E-state index contributed by atoms with van der Waals surface area (Å²) in [6, 6.07) is 8.06. The molecule has 1 aliphatic rings. The number of hydrogen-bond acceptors (Lipinski definition) is 5. The summed E-state index contributed by atoms with van der Waals surface area (Å²) >= 11 is 0. The molecule has 2 aromatic rings. The van der Waals surface area contributed by atoms with Gasteiger partial charge in [-0.2, -0.15) is 4.98 Å². The van der Waals surface area contributed by atoms with E-state index >= 15 is 0 Å². The van der Waals surface area contributed by atoms with Crippen molar-refractivity contribution >= 4 is 5.95 Å². The average molecular weight is 271 g/mol. The number of nitrogens with zero attached hydrogens (tertiary/aromatic N) is 3. The Bertz CT molecular complexity index is 616. The molecule has 0 N–H and O–H groups in total. The standard InChI is InChI=1S/C15H17N3O2/c1-18(15-16-7-5-14(17-15)19-2)10-11-3-4-13-12(9-11)6-8-20-13/h3-5,7,9H,6,8,10H2,1-2H3. The second-order valence-corrected chi connectivity index (χ2v) is 4.80. The molecule has 0 unspecified atom stereocenters. The van der Waals surface area contributed by atoms with Gasteiger partial charge in [-0.3, -0.25) is 0 Å². The number of fused-ring (bicyclic) bond motifs is 1. The van der Waals surface area contributed by atoms with Gasteiger partial charge in [0, 0.05) is 32.3 Å². The molecule has 5 nitrogen and oxygen atoms in total. The second-order valence-electron chi connectivity index (χ2n) is 4.80. The van der Waals surface area contributed by atoms with Crippen LogP contribution >= 0.6 is 0 Å². The molecule has 0 radical (unpaired) electrons. The highest BCUT2D eigenvalue weighted by Crippen LogP contribution is 2.26. The van der Waals surface area contributed by atoms with Gasteiger partial charge in [0.05, 0.1) is 13.7 Å². The number of aromatic nitrogens is 2. The van der Waals surface area contributed by atoms with Gasteiger partial charge in [0.1, 0.15) is 5.75 Å². The zero-order valence-electron chi connectivity index (χ0n) is 11.7. The van der Waals surface area contributed by atoms with Crippen molar-refractivity contribution in [3.63, 3.8) is 0 Å². The summed E-state index contributed by atoms with van der Waals surface area (Å²) < 4.78 is 10.6. The van der Waals surface area contributed by atoms with Crippen LogP contribution in [0.25, 0.3) is 0 Å². The highest BCUT2D eigenvalue weighted by Gasteiger charge is 2.13. The van der Waals surface area contributed by atoms with E-state index in [1.54, 1.807) is 19.4 Å². The van der Waals surface area contributed by atoms with Gasteiger partial charge in [-0.15, -0.1) is 0 Å². The van der Waals surface area contributed by atoms with Gasteiger partial charge >= 0.3 is 0 Å². The number of hydrogen-bond donors (Lipinski definition) is 0. The van der Waals surface area contributed by atoms with Crippen molar-refractivity contribution in [1.29, 1.82) is 0 Å². The van der Waals surface area contributed by atoms with Crippen molar-refractivity contribution in [3.05, 3.63) is 41.6 Å². The first-order valence-electron chi connectivity index (χ1n) is 6.59. The SMILES string of the molecule is COc1ccnc(N(C)Cc2ccc3c(c2)CCO3)n1. The molecule has 0 saturated carbocycles. The number of anilines is 1. The van der Waals surface area contributed by atoms with Crippen molar-refractivity contribution in [2.45, 2.75) is 13.0 Å². The van der Waals surface area contributed by atoms with Crippen LogP contribution in [0, 0.1) is 0 Å². The maximum Gasteiger partial charge on any atom is 0.228 e. The zero-order valence-corrected chi connectivity index (χ0v) is 11.7. The lowest BCUT2D eigenvalue weighted by atomic mass is 10.1. The lowest BCUT2D eigenvalue weighted by Crippen LogP contribution is -2.19. The molecule has 0 spiro atoms. The van der Waals surface area contributed by atoms with Crippen molar-refractivity contribution in [3.8, 4) is 11.6 Å². The monoisotopic (exact) mass is 271 g/mol. The van der Waals surface area contributed by atoms with Crippen LogP contribution in [0.1, 0.15) is 11.1 Å². The van der Waals surface area contributed by atoms with Gasteiger partial charge in [-0.25, -0.2) is 4.98 Å². The van der Waals surface area contributed by atoms with E-state index in [-0.39, 0.29) is 0 Å². The first kappa shape index (κ1) is 12.7. The van der Waals surface area contributed by atoms with Crippen LogP contribution in [0.2, 0.25) is 0 Å². The molecule has 0 amide bonds. The summed E-state index contributed by atoms with van der Waals surface area (Å²) in [5.41, 5.74) is 2.51. The van der Waals surface area contributed by atoms with Crippen molar-refractivity contribution in [1.82, 2.24) is 9.97 Å². The molecule has 1 aromatic heterocycles. The van der Waals surface area contributed by atoms with Gasteiger partial charge in [-0.05, 0) is 17.2 Å². The lowest BCUT2D eigenvalue weighted by Gasteiger charge is -2.17. The minimum Gasteiger partial charge on any atom is -0.493 e. The van der Waals surface area contributed by atoms with Crippen LogP contribution in [-0.4, -0.2) is 30.7 Å². The Kier molecular flexibility index (Phi) is 3.41. The molecule has 0 fully saturated rings. The highest BCUT2D eigenvalue weighted by molar-refractivity contribution is 5.41. The molecule has 20 heavy (non-hydrogen) atoms. The summed E-state index contributed by atoms with van der Waals surface area (Å²) in [7, 11) is 3.57. The Labute approximate surface area is 118 Å². The third-order valence-corrected chi connectivity index (χ3v) is 3.34. The number of methoxy groups -OCH3 is 1. The minimum atomic E-state index is 0.573. The molecule has 104 valence electrons. The highest BCUT2D eigenvalue weighted by atomic mass is 16.5. The third-order valence-electron chi connectivity index (χ3n) is 3.34. The minimum absolute atomic E-state index is 0.573. The smallest absolute Gasteiger partial charge is 0.228 e. The van der Waals surface area contributed by atoms with Crippen LogP contribution in [-0.2, 0) is 13.0 Å². The molecular formula is C15H17N3O2. The molecule has 1 aromatic carbocycles. The Morgan fingerprint density at radius 1 is 1.35 bits per heavy atom. The second kappa shape index (κ2) is 5.36. The fraction of sp³-hybridized carbons (Fsp3) is 0.333. The Morgan fingerprint density at radius 2 is 2.25 bits per heavy atom. The number of ether oxygens (including phenoxy) is 2. The predicted octanol–water partition coefficient (Wildman–Crippen LogP) is 2.06. The summed E-state index contributed by atoms with van der Waals surface area (Å²) in [6.45, 7) is 1.54. The molecule has 0 saturated heterocycles. The average Bonchev–Trinajstić information content (AvgIpc) is 2.95. The van der Waals surface area contributed by atoms with E-state index in [0.29, 0.717) is 11.8 Å². The normalized spacial score (nSPS) is 12.7. The van der Waals surface area contributed by atoms with E-state index in [9.17, 15) is 0 Å². The fourth-order valence-electron chi connectivity index (χ4n) is 2.31. The van der Waals surface area contributed by atoms with Gasteiger partial charge in [0.15, 0.2) is 0 Å². The fourth-order valence-corrected chi connectivity index (χ4v) is 2.31. The summed E-state index contributed by atoms with van der Waals surface area (Å²) in [4.78, 5) is 10.6. The van der Waals surface area contributed by atoms with E-state index in [1.807, 2.05) is 18.0 Å². The largest absolute Gasteiger partial charge is 0.493 e. The molecule has 1 aliphatic heterocycles. The van der Waals surface area contributed by atoms with E-state index in [1.165, 1.54) is 11.1 Å². The van der Waals surface area contributed by atoms with Gasteiger partial charge in [-0.1, -0.05) is 12.1 Å². The van der Waals surface area contributed by atoms with Gasteiger partial charge in [0.25, 0.3) is 0 Å². The first-order valence-corrected chi connectivity index (χ1v) is 6.59. The topological polar surface area (TPSA) is 47.5 Å². The Hall–Kier alpha value is -2.30. The van der Waals surface area contributed by atoms with Crippen LogP contribution < -0.4 is 14.4 Å². The van der Waals surface area contributed by atoms with E-state index < -0.39 is 0 Å². The first-order chi connectivity index (χ1) is 9.76. The summed E-state index contributed by atoms with van der Waals surface area (Å²) in [6.07, 6.45) is 2.69. The zero-order chi connectivity index (χ0) is 13.9. The number of benzene rings is 1. The van der Waals surface area contributed by atoms with Crippen LogP contribution in [0.4, 0.5) is 5.95 Å².